The van der Waals surface area contributed by atoms with Crippen LogP contribution in [-0.4, -0.2) is 57.8 Å². The Kier molecular flexibility index (Phi) is 4.58. The molecule has 1 saturated heterocycles. The second-order valence-electron chi connectivity index (χ2n) is 7.95. The molecular weight excluding hydrogens is 382 g/mol. The Bertz CT molecular complexity index is 1190. The quantitative estimate of drug-likeness (QED) is 0.652. The third kappa shape index (κ3) is 2.99. The van der Waals surface area contributed by atoms with E-state index in [4.69, 9.17) is 9.72 Å². The molecule has 0 radical (unpaired) electrons. The maximum atomic E-state index is 13.3. The lowest BCUT2D eigenvalue weighted by Gasteiger charge is -2.29. The summed E-state index contributed by atoms with van der Waals surface area (Å²) in [7, 11) is 3.75. The number of benzene rings is 1. The zero-order valence-corrected chi connectivity index (χ0v) is 17.3. The molecule has 156 valence electrons. The standard InChI is InChI=1S/C22H25N5O3/c1-24-13-15-14-27(8-7-18-23-16-5-3-4-6-17(16)25(18)2)21(28)19(15)20(22(24)29)26-9-11-30-12-10-26/h3-6,13H,7-12,14H2,1-2H3. The lowest BCUT2D eigenvalue weighted by molar-refractivity contribution is 0.0778. The minimum Gasteiger partial charge on any atom is -0.378 e. The highest BCUT2D eigenvalue weighted by Gasteiger charge is 2.34. The number of aryl methyl sites for hydroxylation is 2. The smallest absolute Gasteiger partial charge is 0.274 e. The zero-order chi connectivity index (χ0) is 20.8. The molecule has 2 aliphatic rings. The van der Waals surface area contributed by atoms with E-state index in [-0.39, 0.29) is 11.5 Å². The number of amides is 1. The van der Waals surface area contributed by atoms with Crippen molar-refractivity contribution in [1.29, 1.82) is 0 Å². The van der Waals surface area contributed by atoms with Crippen LogP contribution in [0.5, 0.6) is 0 Å². The summed E-state index contributed by atoms with van der Waals surface area (Å²) in [6.45, 7) is 3.46. The van der Waals surface area contributed by atoms with E-state index >= 15 is 0 Å². The molecule has 0 bridgehead atoms. The largest absolute Gasteiger partial charge is 0.378 e. The van der Waals surface area contributed by atoms with Gasteiger partial charge >= 0.3 is 0 Å². The molecule has 5 rings (SSSR count). The summed E-state index contributed by atoms with van der Waals surface area (Å²) in [4.78, 5) is 34.7. The number of hydrogen-bond acceptors (Lipinski definition) is 5. The Morgan fingerprint density at radius 2 is 1.87 bits per heavy atom. The molecule has 0 saturated carbocycles. The molecular formula is C22H25N5O3. The van der Waals surface area contributed by atoms with Crippen molar-refractivity contribution >= 4 is 22.6 Å². The minimum absolute atomic E-state index is 0.0667. The minimum atomic E-state index is -0.124. The van der Waals surface area contributed by atoms with Crippen LogP contribution < -0.4 is 10.5 Å². The van der Waals surface area contributed by atoms with Crippen LogP contribution in [0.3, 0.4) is 0 Å². The molecule has 0 spiro atoms. The van der Waals surface area contributed by atoms with E-state index in [9.17, 15) is 9.59 Å². The summed E-state index contributed by atoms with van der Waals surface area (Å²) >= 11 is 0. The second kappa shape index (κ2) is 7.28. The summed E-state index contributed by atoms with van der Waals surface area (Å²) in [5.74, 6) is 0.881. The fraction of sp³-hybridized carbons (Fsp3) is 0.409. The summed E-state index contributed by atoms with van der Waals surface area (Å²) in [6.07, 6.45) is 2.46. The first-order chi connectivity index (χ1) is 14.5. The molecule has 0 aliphatic carbocycles. The van der Waals surface area contributed by atoms with Crippen LogP contribution in [0, 0.1) is 0 Å². The molecule has 1 amide bonds. The highest BCUT2D eigenvalue weighted by molar-refractivity contribution is 6.03. The van der Waals surface area contributed by atoms with Crippen LogP contribution >= 0.6 is 0 Å². The van der Waals surface area contributed by atoms with Gasteiger partial charge in [-0.1, -0.05) is 12.1 Å². The van der Waals surface area contributed by atoms with Crippen LogP contribution in [-0.2, 0) is 31.8 Å². The number of anilines is 1. The molecule has 4 heterocycles. The lowest BCUT2D eigenvalue weighted by atomic mass is 10.1. The van der Waals surface area contributed by atoms with Crippen LogP contribution in [0.2, 0.25) is 0 Å². The highest BCUT2D eigenvalue weighted by Crippen LogP contribution is 2.29. The third-order valence-corrected chi connectivity index (χ3v) is 6.11. The molecule has 3 aromatic rings. The SMILES string of the molecule is Cn1cc2c(c(N3CCOCC3)c1=O)C(=O)N(CCc1nc3ccccc3n1C)C2. The fourth-order valence-corrected chi connectivity index (χ4v) is 4.49. The van der Waals surface area contributed by atoms with Gasteiger partial charge < -0.3 is 23.7 Å². The van der Waals surface area contributed by atoms with Gasteiger partial charge in [-0.2, -0.15) is 0 Å². The van der Waals surface area contributed by atoms with Crippen molar-refractivity contribution in [3.05, 3.63) is 57.8 Å². The maximum Gasteiger partial charge on any atom is 0.274 e. The van der Waals surface area contributed by atoms with E-state index in [2.05, 4.69) is 4.57 Å². The van der Waals surface area contributed by atoms with E-state index in [1.807, 2.05) is 41.1 Å². The van der Waals surface area contributed by atoms with Crippen LogP contribution in [0.4, 0.5) is 5.69 Å². The second-order valence-corrected chi connectivity index (χ2v) is 7.95. The van der Waals surface area contributed by atoms with Crippen LogP contribution in [0.25, 0.3) is 11.0 Å². The summed E-state index contributed by atoms with van der Waals surface area (Å²) in [5.41, 5.74) is 3.91. The first-order valence-electron chi connectivity index (χ1n) is 10.3. The Morgan fingerprint density at radius 1 is 1.10 bits per heavy atom. The predicted octanol–water partition coefficient (Wildman–Crippen LogP) is 1.31. The van der Waals surface area contributed by atoms with E-state index in [0.717, 1.165) is 22.4 Å². The predicted molar refractivity (Wildman–Crippen MR) is 114 cm³/mol. The number of pyridine rings is 1. The summed E-state index contributed by atoms with van der Waals surface area (Å²) in [5, 5.41) is 0. The number of morpholine rings is 1. The number of carbonyl (C=O) groups excluding carboxylic acids is 1. The summed E-state index contributed by atoms with van der Waals surface area (Å²) in [6, 6.07) is 8.03. The van der Waals surface area contributed by atoms with Gasteiger partial charge in [0, 0.05) is 58.5 Å². The summed E-state index contributed by atoms with van der Waals surface area (Å²) < 4.78 is 9.10. The topological polar surface area (TPSA) is 72.6 Å². The number of nitrogens with zero attached hydrogens (tertiary/aromatic N) is 5. The first-order valence-corrected chi connectivity index (χ1v) is 10.3. The molecule has 8 nitrogen and oxygen atoms in total. The number of rotatable bonds is 4. The van der Waals surface area contributed by atoms with Gasteiger partial charge in [-0.25, -0.2) is 4.98 Å². The van der Waals surface area contributed by atoms with Crippen molar-refractivity contribution in [3.8, 4) is 0 Å². The highest BCUT2D eigenvalue weighted by atomic mass is 16.5. The molecule has 0 atom stereocenters. The Hall–Kier alpha value is -3.13. The van der Waals surface area contributed by atoms with E-state index in [0.29, 0.717) is 57.1 Å². The number of ether oxygens (including phenoxy) is 1. The third-order valence-electron chi connectivity index (χ3n) is 6.11. The van der Waals surface area contributed by atoms with Crippen molar-refractivity contribution in [2.24, 2.45) is 14.1 Å². The molecule has 2 aromatic heterocycles. The van der Waals surface area contributed by atoms with Crippen molar-refractivity contribution < 1.29 is 9.53 Å². The van der Waals surface area contributed by atoms with Gasteiger partial charge in [-0.3, -0.25) is 9.59 Å². The van der Waals surface area contributed by atoms with Crippen LogP contribution in [0.15, 0.2) is 35.3 Å². The van der Waals surface area contributed by atoms with Gasteiger partial charge in [0.1, 0.15) is 11.5 Å². The van der Waals surface area contributed by atoms with Gasteiger partial charge in [0.25, 0.3) is 11.5 Å². The van der Waals surface area contributed by atoms with Gasteiger partial charge in [0.15, 0.2) is 0 Å². The molecule has 2 aliphatic heterocycles. The maximum absolute atomic E-state index is 13.3. The van der Waals surface area contributed by atoms with E-state index in [1.54, 1.807) is 17.8 Å². The first kappa shape index (κ1) is 18.9. The van der Waals surface area contributed by atoms with Crippen molar-refractivity contribution in [2.45, 2.75) is 13.0 Å². The fourth-order valence-electron chi connectivity index (χ4n) is 4.49. The lowest BCUT2D eigenvalue weighted by Crippen LogP contribution is -2.41. The van der Waals surface area contributed by atoms with Gasteiger partial charge in [0.2, 0.25) is 0 Å². The van der Waals surface area contributed by atoms with Crippen molar-refractivity contribution in [3.63, 3.8) is 0 Å². The number of fused-ring (bicyclic) bond motifs is 2. The Balaban J connectivity index is 1.42. The number of imidazole rings is 1. The van der Waals surface area contributed by atoms with E-state index in [1.165, 1.54) is 0 Å². The average Bonchev–Trinajstić information content (AvgIpc) is 3.25. The molecule has 8 heteroatoms. The van der Waals surface area contributed by atoms with Gasteiger partial charge in [-0.15, -0.1) is 0 Å². The van der Waals surface area contributed by atoms with Crippen molar-refractivity contribution in [2.75, 3.05) is 37.7 Å². The Labute approximate surface area is 174 Å². The molecule has 1 aromatic carbocycles. The van der Waals surface area contributed by atoms with Crippen LogP contribution in [0.1, 0.15) is 21.7 Å². The molecule has 0 N–H and O–H groups in total. The average molecular weight is 407 g/mol. The number of hydrogen-bond donors (Lipinski definition) is 0. The zero-order valence-electron chi connectivity index (χ0n) is 17.3. The van der Waals surface area contributed by atoms with E-state index < -0.39 is 0 Å². The van der Waals surface area contributed by atoms with Gasteiger partial charge in [-0.05, 0) is 12.1 Å². The molecule has 1 fully saturated rings. The monoisotopic (exact) mass is 407 g/mol. The Morgan fingerprint density at radius 3 is 2.63 bits per heavy atom. The van der Waals surface area contributed by atoms with Gasteiger partial charge in [0.05, 0.1) is 29.8 Å². The number of para-hydroxylation sites is 2. The van der Waals surface area contributed by atoms with Crippen molar-refractivity contribution in [1.82, 2.24) is 19.0 Å². The number of carbonyl (C=O) groups is 1. The molecule has 30 heavy (non-hydrogen) atoms. The molecule has 0 unspecified atom stereocenters. The normalized spacial score (nSPS) is 16.5. The number of aromatic nitrogens is 3.